The van der Waals surface area contributed by atoms with Crippen LogP contribution in [0.4, 0.5) is 0 Å². The van der Waals surface area contributed by atoms with E-state index in [4.69, 9.17) is 4.74 Å². The fraction of sp³-hybridized carbons (Fsp3) is 0.200. The number of ether oxygens (including phenoxy) is 1. The molecule has 0 spiro atoms. The SMILES string of the molecule is CN(Cc1ccccc1)C(=O)Cc1csc(COc2ccccc2)n1. The Morgan fingerprint density at radius 1 is 1.08 bits per heavy atom. The van der Waals surface area contributed by atoms with E-state index in [9.17, 15) is 4.79 Å². The van der Waals surface area contributed by atoms with Crippen LogP contribution < -0.4 is 4.74 Å². The summed E-state index contributed by atoms with van der Waals surface area (Å²) in [4.78, 5) is 18.6. The number of aromatic nitrogens is 1. The van der Waals surface area contributed by atoms with Gasteiger partial charge in [0.15, 0.2) is 0 Å². The summed E-state index contributed by atoms with van der Waals surface area (Å²) in [5.74, 6) is 0.877. The number of likely N-dealkylation sites (N-methyl/N-ethyl adjacent to an activating group) is 1. The molecule has 0 fully saturated rings. The van der Waals surface area contributed by atoms with E-state index in [1.807, 2.05) is 73.1 Å². The van der Waals surface area contributed by atoms with Gasteiger partial charge in [0, 0.05) is 19.0 Å². The first-order chi connectivity index (χ1) is 12.2. The first-order valence-corrected chi connectivity index (χ1v) is 8.97. The van der Waals surface area contributed by atoms with Crippen LogP contribution in [0.3, 0.4) is 0 Å². The third-order valence-electron chi connectivity index (χ3n) is 3.73. The van der Waals surface area contributed by atoms with Crippen LogP contribution in [-0.2, 0) is 24.4 Å². The van der Waals surface area contributed by atoms with E-state index >= 15 is 0 Å². The van der Waals surface area contributed by atoms with Gasteiger partial charge in [-0.1, -0.05) is 48.5 Å². The van der Waals surface area contributed by atoms with E-state index < -0.39 is 0 Å². The molecule has 0 aliphatic rings. The second-order valence-corrected chi connectivity index (χ2v) is 6.69. The van der Waals surface area contributed by atoms with Gasteiger partial charge < -0.3 is 9.64 Å². The monoisotopic (exact) mass is 352 g/mol. The first-order valence-electron chi connectivity index (χ1n) is 8.10. The topological polar surface area (TPSA) is 42.4 Å². The minimum absolute atomic E-state index is 0.0599. The standard InChI is InChI=1S/C20H20N2O2S/c1-22(13-16-8-4-2-5-9-16)20(23)12-17-15-25-19(21-17)14-24-18-10-6-3-7-11-18/h2-11,15H,12-14H2,1H3. The largest absolute Gasteiger partial charge is 0.486 e. The second-order valence-electron chi connectivity index (χ2n) is 5.75. The van der Waals surface area contributed by atoms with Crippen molar-refractivity contribution in [2.24, 2.45) is 0 Å². The van der Waals surface area contributed by atoms with Gasteiger partial charge in [0.1, 0.15) is 17.4 Å². The number of thiazole rings is 1. The lowest BCUT2D eigenvalue weighted by molar-refractivity contribution is -0.129. The maximum Gasteiger partial charge on any atom is 0.228 e. The van der Waals surface area contributed by atoms with Crippen LogP contribution in [0.25, 0.3) is 0 Å². The minimum Gasteiger partial charge on any atom is -0.486 e. The van der Waals surface area contributed by atoms with Crippen LogP contribution in [-0.4, -0.2) is 22.8 Å². The minimum atomic E-state index is 0.0599. The molecule has 4 nitrogen and oxygen atoms in total. The molecular weight excluding hydrogens is 332 g/mol. The molecule has 2 aromatic carbocycles. The second kappa shape index (κ2) is 8.44. The van der Waals surface area contributed by atoms with E-state index in [0.29, 0.717) is 19.6 Å². The highest BCUT2D eigenvalue weighted by Gasteiger charge is 2.13. The quantitative estimate of drug-likeness (QED) is 0.647. The Bertz CT molecular complexity index is 803. The van der Waals surface area contributed by atoms with Crippen molar-refractivity contribution in [3.8, 4) is 5.75 Å². The van der Waals surface area contributed by atoms with E-state index in [2.05, 4.69) is 4.98 Å². The van der Waals surface area contributed by atoms with Crippen molar-refractivity contribution >= 4 is 17.2 Å². The first kappa shape index (κ1) is 17.2. The van der Waals surface area contributed by atoms with Gasteiger partial charge >= 0.3 is 0 Å². The lowest BCUT2D eigenvalue weighted by atomic mass is 10.2. The van der Waals surface area contributed by atoms with Crippen LogP contribution >= 0.6 is 11.3 Å². The molecule has 5 heteroatoms. The number of hydrogen-bond donors (Lipinski definition) is 0. The van der Waals surface area contributed by atoms with Crippen LogP contribution in [0.2, 0.25) is 0 Å². The molecule has 3 rings (SSSR count). The molecule has 0 atom stereocenters. The van der Waals surface area contributed by atoms with Crippen molar-refractivity contribution in [3.63, 3.8) is 0 Å². The molecule has 0 aliphatic carbocycles. The summed E-state index contributed by atoms with van der Waals surface area (Å²) >= 11 is 1.52. The van der Waals surface area contributed by atoms with Crippen LogP contribution in [0.5, 0.6) is 5.75 Å². The lowest BCUT2D eigenvalue weighted by Crippen LogP contribution is -2.27. The summed E-state index contributed by atoms with van der Waals surface area (Å²) in [7, 11) is 1.82. The van der Waals surface area contributed by atoms with Crippen molar-refractivity contribution in [2.75, 3.05) is 7.05 Å². The van der Waals surface area contributed by atoms with Crippen molar-refractivity contribution in [2.45, 2.75) is 19.6 Å². The van der Waals surface area contributed by atoms with E-state index in [1.54, 1.807) is 4.90 Å². The molecule has 1 aromatic heterocycles. The smallest absolute Gasteiger partial charge is 0.228 e. The van der Waals surface area contributed by atoms with Crippen molar-refractivity contribution in [3.05, 3.63) is 82.3 Å². The van der Waals surface area contributed by atoms with Gasteiger partial charge in [0.25, 0.3) is 0 Å². The Hall–Kier alpha value is -2.66. The normalized spacial score (nSPS) is 10.4. The third-order valence-corrected chi connectivity index (χ3v) is 4.60. The Balaban J connectivity index is 1.51. The van der Waals surface area contributed by atoms with E-state index in [1.165, 1.54) is 11.3 Å². The van der Waals surface area contributed by atoms with Gasteiger partial charge in [0.2, 0.25) is 5.91 Å². The van der Waals surface area contributed by atoms with Gasteiger partial charge in [-0.3, -0.25) is 4.79 Å². The predicted molar refractivity (Wildman–Crippen MR) is 99.5 cm³/mol. The van der Waals surface area contributed by atoms with Gasteiger partial charge in [0.05, 0.1) is 12.1 Å². The molecule has 0 saturated heterocycles. The number of amides is 1. The number of carbonyl (C=O) groups is 1. The highest BCUT2D eigenvalue weighted by molar-refractivity contribution is 7.09. The number of benzene rings is 2. The fourth-order valence-corrected chi connectivity index (χ4v) is 3.10. The molecule has 0 saturated carbocycles. The average molecular weight is 352 g/mol. The van der Waals surface area contributed by atoms with E-state index in [-0.39, 0.29) is 5.91 Å². The molecule has 3 aromatic rings. The number of carbonyl (C=O) groups excluding carboxylic acids is 1. The van der Waals surface area contributed by atoms with Crippen LogP contribution in [0.15, 0.2) is 66.0 Å². The summed E-state index contributed by atoms with van der Waals surface area (Å²) in [6.45, 7) is 1.02. The molecule has 1 heterocycles. The van der Waals surface area contributed by atoms with Crippen molar-refractivity contribution in [1.82, 2.24) is 9.88 Å². The van der Waals surface area contributed by atoms with Crippen molar-refractivity contribution < 1.29 is 9.53 Å². The molecule has 25 heavy (non-hydrogen) atoms. The number of hydrogen-bond acceptors (Lipinski definition) is 4. The van der Waals surface area contributed by atoms with Crippen LogP contribution in [0.1, 0.15) is 16.3 Å². The zero-order chi connectivity index (χ0) is 17.5. The summed E-state index contributed by atoms with van der Waals surface area (Å²) in [5, 5.41) is 2.80. The highest BCUT2D eigenvalue weighted by atomic mass is 32.1. The zero-order valence-corrected chi connectivity index (χ0v) is 14.9. The van der Waals surface area contributed by atoms with Gasteiger partial charge in [-0.2, -0.15) is 0 Å². The molecule has 0 N–H and O–H groups in total. The molecule has 0 aliphatic heterocycles. The Labute approximate surface area is 151 Å². The molecule has 0 bridgehead atoms. The predicted octanol–water partition coefficient (Wildman–Crippen LogP) is 3.92. The lowest BCUT2D eigenvalue weighted by Gasteiger charge is -2.16. The number of rotatable bonds is 7. The maximum atomic E-state index is 12.4. The molecule has 0 radical (unpaired) electrons. The summed E-state index contributed by atoms with van der Waals surface area (Å²) < 4.78 is 5.69. The Kier molecular flexibility index (Phi) is 5.80. The molecule has 0 unspecified atom stereocenters. The van der Waals surface area contributed by atoms with Crippen LogP contribution in [0, 0.1) is 0 Å². The maximum absolute atomic E-state index is 12.4. The highest BCUT2D eigenvalue weighted by Crippen LogP contribution is 2.16. The fourth-order valence-electron chi connectivity index (χ4n) is 2.39. The summed E-state index contributed by atoms with van der Waals surface area (Å²) in [6, 6.07) is 19.6. The molecule has 1 amide bonds. The molecular formula is C20H20N2O2S. The average Bonchev–Trinajstić information content (AvgIpc) is 3.09. The zero-order valence-electron chi connectivity index (χ0n) is 14.1. The van der Waals surface area contributed by atoms with Gasteiger partial charge in [-0.25, -0.2) is 4.98 Å². The van der Waals surface area contributed by atoms with Crippen molar-refractivity contribution in [1.29, 1.82) is 0 Å². The number of para-hydroxylation sites is 1. The van der Waals surface area contributed by atoms with Gasteiger partial charge in [-0.05, 0) is 17.7 Å². The summed E-state index contributed by atoms with van der Waals surface area (Å²) in [5.41, 5.74) is 1.91. The third kappa shape index (κ3) is 5.16. The summed E-state index contributed by atoms with van der Waals surface area (Å²) in [6.07, 6.45) is 0.311. The molecule has 128 valence electrons. The Morgan fingerprint density at radius 2 is 1.76 bits per heavy atom. The Morgan fingerprint density at radius 3 is 2.48 bits per heavy atom. The van der Waals surface area contributed by atoms with Gasteiger partial charge in [-0.15, -0.1) is 11.3 Å². The number of nitrogens with zero attached hydrogens (tertiary/aromatic N) is 2. The van der Waals surface area contributed by atoms with E-state index in [0.717, 1.165) is 22.0 Å².